The number of rotatable bonds is 0. The van der Waals surface area contributed by atoms with Crippen LogP contribution in [0.2, 0.25) is 18.1 Å². The van der Waals surface area contributed by atoms with Gasteiger partial charge in [-0.1, -0.05) is 67.2 Å². The van der Waals surface area contributed by atoms with Crippen molar-refractivity contribution in [2.24, 2.45) is 0 Å². The molecule has 3 heteroatoms. The SMILES string of the molecule is C[Si]1(C)c2ccccc2-c2c1cc(Cl)c1c2oc2ccccc21. The minimum absolute atomic E-state index is 0.803. The summed E-state index contributed by atoms with van der Waals surface area (Å²) in [5.41, 5.74) is 4.42. The third kappa shape index (κ3) is 1.58. The zero-order valence-corrected chi connectivity index (χ0v) is 14.7. The van der Waals surface area contributed by atoms with Crippen LogP contribution in [0.1, 0.15) is 0 Å². The van der Waals surface area contributed by atoms with Crippen molar-refractivity contribution in [3.63, 3.8) is 0 Å². The number of para-hydroxylation sites is 1. The first-order chi connectivity index (χ1) is 11.1. The fourth-order valence-electron chi connectivity index (χ4n) is 4.00. The van der Waals surface area contributed by atoms with Gasteiger partial charge in [0.25, 0.3) is 0 Å². The van der Waals surface area contributed by atoms with Crippen LogP contribution in [0.4, 0.5) is 0 Å². The number of hydrogen-bond acceptors (Lipinski definition) is 1. The second-order valence-electron chi connectivity index (χ2n) is 6.75. The first kappa shape index (κ1) is 13.4. The lowest BCUT2D eigenvalue weighted by Crippen LogP contribution is -2.49. The minimum Gasteiger partial charge on any atom is -0.455 e. The van der Waals surface area contributed by atoms with E-state index < -0.39 is 8.07 Å². The van der Waals surface area contributed by atoms with E-state index in [9.17, 15) is 0 Å². The molecule has 5 rings (SSSR count). The van der Waals surface area contributed by atoms with E-state index >= 15 is 0 Å². The maximum Gasteiger partial charge on any atom is 0.144 e. The summed E-state index contributed by atoms with van der Waals surface area (Å²) >= 11 is 6.69. The molecular weight excluding hydrogens is 320 g/mol. The topological polar surface area (TPSA) is 13.1 Å². The number of hydrogen-bond donors (Lipinski definition) is 0. The van der Waals surface area contributed by atoms with Gasteiger partial charge in [0, 0.05) is 16.3 Å². The number of benzene rings is 3. The van der Waals surface area contributed by atoms with Crippen molar-refractivity contribution in [1.82, 2.24) is 0 Å². The molecule has 1 aliphatic heterocycles. The molecular formula is C20H15ClOSi. The quantitative estimate of drug-likeness (QED) is 0.410. The summed E-state index contributed by atoms with van der Waals surface area (Å²) in [6.45, 7) is 4.78. The molecule has 0 spiro atoms. The predicted molar refractivity (Wildman–Crippen MR) is 101 cm³/mol. The number of halogens is 1. The van der Waals surface area contributed by atoms with E-state index in [2.05, 4.69) is 49.5 Å². The Kier molecular flexibility index (Phi) is 2.50. The van der Waals surface area contributed by atoms with Crippen LogP contribution in [0.25, 0.3) is 33.1 Å². The number of fused-ring (bicyclic) bond motifs is 7. The van der Waals surface area contributed by atoms with Crippen molar-refractivity contribution in [2.75, 3.05) is 0 Å². The van der Waals surface area contributed by atoms with Crippen LogP contribution < -0.4 is 10.4 Å². The molecule has 0 fully saturated rings. The highest BCUT2D eigenvalue weighted by Crippen LogP contribution is 2.41. The van der Waals surface area contributed by atoms with Gasteiger partial charge in [-0.2, -0.15) is 0 Å². The highest BCUT2D eigenvalue weighted by Gasteiger charge is 2.39. The van der Waals surface area contributed by atoms with E-state index in [4.69, 9.17) is 16.0 Å². The summed E-state index contributed by atoms with van der Waals surface area (Å²) in [7, 11) is -1.72. The molecule has 0 saturated carbocycles. The van der Waals surface area contributed by atoms with E-state index in [0.717, 1.165) is 27.0 Å². The van der Waals surface area contributed by atoms with Gasteiger partial charge < -0.3 is 4.42 Å². The van der Waals surface area contributed by atoms with Gasteiger partial charge in [-0.3, -0.25) is 0 Å². The van der Waals surface area contributed by atoms with Crippen LogP contribution >= 0.6 is 11.6 Å². The van der Waals surface area contributed by atoms with Crippen LogP contribution in [0.3, 0.4) is 0 Å². The maximum absolute atomic E-state index is 6.69. The highest BCUT2D eigenvalue weighted by molar-refractivity contribution is 7.04. The van der Waals surface area contributed by atoms with Gasteiger partial charge in [0.15, 0.2) is 0 Å². The van der Waals surface area contributed by atoms with Crippen molar-refractivity contribution in [3.05, 3.63) is 59.6 Å². The molecule has 0 atom stereocenters. The number of furan rings is 1. The van der Waals surface area contributed by atoms with E-state index in [-0.39, 0.29) is 0 Å². The molecule has 4 aromatic rings. The Morgan fingerprint density at radius 3 is 2.52 bits per heavy atom. The van der Waals surface area contributed by atoms with Crippen LogP contribution in [-0.2, 0) is 0 Å². The average molecular weight is 335 g/mol. The molecule has 0 N–H and O–H groups in total. The van der Waals surface area contributed by atoms with E-state index in [1.54, 1.807) is 0 Å². The molecule has 1 nitrogen and oxygen atoms in total. The van der Waals surface area contributed by atoms with Crippen molar-refractivity contribution in [1.29, 1.82) is 0 Å². The lowest BCUT2D eigenvalue weighted by atomic mass is 10.0. The summed E-state index contributed by atoms with van der Waals surface area (Å²) in [6.07, 6.45) is 0. The molecule has 0 bridgehead atoms. The van der Waals surface area contributed by atoms with Gasteiger partial charge in [-0.05, 0) is 28.1 Å². The van der Waals surface area contributed by atoms with Crippen molar-refractivity contribution in [2.45, 2.75) is 13.1 Å². The third-order valence-corrected chi connectivity index (χ3v) is 8.97. The molecule has 0 unspecified atom stereocenters. The fourth-order valence-corrected chi connectivity index (χ4v) is 7.45. The molecule has 1 aliphatic rings. The Bertz CT molecular complexity index is 1110. The standard InChI is InChI=1S/C20H15ClOSi/c1-23(2)16-10-6-4-8-13(16)19-17(23)11-14(21)18-12-7-3-5-9-15(12)22-20(18)19/h3-11H,1-2H3. The normalized spacial score (nSPS) is 15.1. The molecule has 3 aromatic carbocycles. The lowest BCUT2D eigenvalue weighted by molar-refractivity contribution is 0.670. The molecule has 112 valence electrons. The largest absolute Gasteiger partial charge is 0.455 e. The summed E-state index contributed by atoms with van der Waals surface area (Å²) in [6, 6.07) is 19.1. The molecule has 0 saturated heterocycles. The van der Waals surface area contributed by atoms with Crippen LogP contribution in [0.15, 0.2) is 59.0 Å². The van der Waals surface area contributed by atoms with Gasteiger partial charge in [-0.15, -0.1) is 0 Å². The predicted octanol–water partition coefficient (Wildman–Crippen LogP) is 5.04. The minimum atomic E-state index is -1.72. The van der Waals surface area contributed by atoms with Gasteiger partial charge in [0.05, 0.1) is 5.02 Å². The van der Waals surface area contributed by atoms with Crippen LogP contribution in [-0.4, -0.2) is 8.07 Å². The zero-order valence-electron chi connectivity index (χ0n) is 13.0. The summed E-state index contributed by atoms with van der Waals surface area (Å²) in [5, 5.41) is 5.80. The monoisotopic (exact) mass is 334 g/mol. The molecule has 0 radical (unpaired) electrons. The van der Waals surface area contributed by atoms with Gasteiger partial charge in [0.2, 0.25) is 0 Å². The lowest BCUT2D eigenvalue weighted by Gasteiger charge is -2.18. The van der Waals surface area contributed by atoms with Crippen molar-refractivity contribution in [3.8, 4) is 11.1 Å². The Labute approximate surface area is 140 Å². The maximum atomic E-state index is 6.69. The smallest absolute Gasteiger partial charge is 0.144 e. The van der Waals surface area contributed by atoms with Gasteiger partial charge in [-0.25, -0.2) is 0 Å². The Morgan fingerprint density at radius 2 is 1.65 bits per heavy atom. The third-order valence-electron chi connectivity index (χ3n) is 5.14. The molecule has 1 aromatic heterocycles. The Hall–Kier alpha value is -2.03. The second kappa shape index (κ2) is 4.28. The van der Waals surface area contributed by atoms with Gasteiger partial charge in [0.1, 0.15) is 19.2 Å². The first-order valence-electron chi connectivity index (χ1n) is 7.83. The van der Waals surface area contributed by atoms with Crippen molar-refractivity contribution >= 4 is 52.0 Å². The van der Waals surface area contributed by atoms with Gasteiger partial charge >= 0.3 is 0 Å². The van der Waals surface area contributed by atoms with E-state index in [1.165, 1.54) is 21.5 Å². The molecule has 2 heterocycles. The fraction of sp³-hybridized carbons (Fsp3) is 0.100. The molecule has 0 amide bonds. The Balaban J connectivity index is 2.05. The molecule has 23 heavy (non-hydrogen) atoms. The summed E-state index contributed by atoms with van der Waals surface area (Å²) in [5.74, 6) is 0. The second-order valence-corrected chi connectivity index (χ2v) is 11.5. The van der Waals surface area contributed by atoms with Crippen LogP contribution in [0.5, 0.6) is 0 Å². The van der Waals surface area contributed by atoms with E-state index in [0.29, 0.717) is 0 Å². The zero-order chi connectivity index (χ0) is 15.8. The first-order valence-corrected chi connectivity index (χ1v) is 11.2. The van der Waals surface area contributed by atoms with E-state index in [1.807, 2.05) is 18.2 Å². The molecule has 0 aliphatic carbocycles. The summed E-state index contributed by atoms with van der Waals surface area (Å²) < 4.78 is 6.26. The summed E-state index contributed by atoms with van der Waals surface area (Å²) in [4.78, 5) is 0. The van der Waals surface area contributed by atoms with Crippen LogP contribution in [0, 0.1) is 0 Å². The Morgan fingerprint density at radius 1 is 0.913 bits per heavy atom. The highest BCUT2D eigenvalue weighted by atomic mass is 35.5. The average Bonchev–Trinajstić information content (AvgIpc) is 3.03. The van der Waals surface area contributed by atoms with Crippen molar-refractivity contribution < 1.29 is 4.42 Å².